The predicted octanol–water partition coefficient (Wildman–Crippen LogP) is 2.32. The Morgan fingerprint density at radius 1 is 1.35 bits per heavy atom. The molecule has 0 saturated carbocycles. The van der Waals surface area contributed by atoms with Gasteiger partial charge in [-0.25, -0.2) is 8.42 Å². The van der Waals surface area contributed by atoms with Crippen molar-refractivity contribution in [1.82, 2.24) is 14.1 Å². The summed E-state index contributed by atoms with van der Waals surface area (Å²) in [6, 6.07) is 0. The molecule has 2 rings (SSSR count). The van der Waals surface area contributed by atoms with Crippen molar-refractivity contribution in [3.8, 4) is 0 Å². The van der Waals surface area contributed by atoms with Crippen molar-refractivity contribution in [2.75, 3.05) is 19.0 Å². The lowest BCUT2D eigenvalue weighted by Gasteiger charge is -2.35. The number of piperidine rings is 1. The topological polar surface area (TPSA) is 55.2 Å². The van der Waals surface area contributed by atoms with Gasteiger partial charge >= 0.3 is 0 Å². The number of halogens is 1. The SMILES string of the molecule is CC1(C)CCN(S(=O)(=O)c2cnn(CCCCl)c2)CC1. The molecule has 5 nitrogen and oxygen atoms in total. The molecule has 1 aliphatic heterocycles. The minimum absolute atomic E-state index is 0.233. The molecule has 0 aliphatic carbocycles. The van der Waals surface area contributed by atoms with Crippen LogP contribution in [0.15, 0.2) is 17.3 Å². The van der Waals surface area contributed by atoms with Crippen molar-refractivity contribution in [3.05, 3.63) is 12.4 Å². The van der Waals surface area contributed by atoms with E-state index in [2.05, 4.69) is 18.9 Å². The molecule has 1 aromatic heterocycles. The summed E-state index contributed by atoms with van der Waals surface area (Å²) >= 11 is 5.63. The number of sulfonamides is 1. The van der Waals surface area contributed by atoms with E-state index in [0.29, 0.717) is 25.5 Å². The molecule has 0 N–H and O–H groups in total. The summed E-state index contributed by atoms with van der Waals surface area (Å²) in [5.74, 6) is 0.545. The molecule has 1 fully saturated rings. The van der Waals surface area contributed by atoms with Crippen LogP contribution in [0.4, 0.5) is 0 Å². The van der Waals surface area contributed by atoms with Crippen molar-refractivity contribution in [2.24, 2.45) is 5.41 Å². The summed E-state index contributed by atoms with van der Waals surface area (Å²) in [5, 5.41) is 4.10. The number of hydrogen-bond acceptors (Lipinski definition) is 3. The molecule has 1 aromatic rings. The predicted molar refractivity (Wildman–Crippen MR) is 79.3 cm³/mol. The van der Waals surface area contributed by atoms with Gasteiger partial charge in [0.1, 0.15) is 4.90 Å². The molecular weight excluding hydrogens is 298 g/mol. The molecular formula is C13H22ClN3O2S. The Bertz CT molecular complexity index is 544. The minimum atomic E-state index is -3.40. The fourth-order valence-electron chi connectivity index (χ4n) is 2.30. The number of aromatic nitrogens is 2. The van der Waals surface area contributed by atoms with E-state index in [0.717, 1.165) is 19.3 Å². The van der Waals surface area contributed by atoms with Gasteiger partial charge in [0.05, 0.1) is 6.20 Å². The molecule has 0 atom stereocenters. The molecule has 0 radical (unpaired) electrons. The number of nitrogens with zero attached hydrogens (tertiary/aromatic N) is 3. The second-order valence-electron chi connectivity index (χ2n) is 6.05. The second-order valence-corrected chi connectivity index (χ2v) is 8.37. The number of alkyl halides is 1. The Hall–Kier alpha value is -0.590. The van der Waals surface area contributed by atoms with Crippen molar-refractivity contribution in [3.63, 3.8) is 0 Å². The van der Waals surface area contributed by atoms with Gasteiger partial charge in [0, 0.05) is 31.7 Å². The molecule has 0 amide bonds. The van der Waals surface area contributed by atoms with Crippen LogP contribution in [0.3, 0.4) is 0 Å². The zero-order valence-corrected chi connectivity index (χ0v) is 13.6. The zero-order chi connectivity index (χ0) is 14.8. The summed E-state index contributed by atoms with van der Waals surface area (Å²) < 4.78 is 28.3. The van der Waals surface area contributed by atoms with Gasteiger partial charge in [-0.15, -0.1) is 11.6 Å². The van der Waals surface area contributed by atoms with E-state index in [-0.39, 0.29) is 10.3 Å². The van der Waals surface area contributed by atoms with Crippen LogP contribution in [0.1, 0.15) is 33.1 Å². The third-order valence-electron chi connectivity index (χ3n) is 3.84. The molecule has 2 heterocycles. The molecule has 0 aromatic carbocycles. The van der Waals surface area contributed by atoms with Gasteiger partial charge < -0.3 is 0 Å². The first kappa shape index (κ1) is 15.8. The lowest BCUT2D eigenvalue weighted by atomic mass is 9.83. The Kier molecular flexibility index (Phi) is 4.76. The highest BCUT2D eigenvalue weighted by Crippen LogP contribution is 2.32. The summed E-state index contributed by atoms with van der Waals surface area (Å²) in [5.41, 5.74) is 0.233. The maximum absolute atomic E-state index is 12.5. The van der Waals surface area contributed by atoms with Crippen LogP contribution in [-0.4, -0.2) is 41.5 Å². The van der Waals surface area contributed by atoms with Crippen LogP contribution in [0.25, 0.3) is 0 Å². The Morgan fingerprint density at radius 3 is 2.60 bits per heavy atom. The van der Waals surface area contributed by atoms with Crippen LogP contribution in [0.5, 0.6) is 0 Å². The van der Waals surface area contributed by atoms with Gasteiger partial charge in [0.25, 0.3) is 0 Å². The van der Waals surface area contributed by atoms with Gasteiger partial charge in [-0.1, -0.05) is 13.8 Å². The molecule has 0 unspecified atom stereocenters. The largest absolute Gasteiger partial charge is 0.271 e. The maximum atomic E-state index is 12.5. The first-order valence-corrected chi connectivity index (χ1v) is 8.91. The fourth-order valence-corrected chi connectivity index (χ4v) is 3.82. The molecule has 20 heavy (non-hydrogen) atoms. The van der Waals surface area contributed by atoms with Gasteiger partial charge in [-0.2, -0.15) is 9.40 Å². The number of aryl methyl sites for hydroxylation is 1. The van der Waals surface area contributed by atoms with Gasteiger partial charge in [-0.05, 0) is 24.7 Å². The first-order valence-electron chi connectivity index (χ1n) is 6.94. The van der Waals surface area contributed by atoms with Crippen LogP contribution in [-0.2, 0) is 16.6 Å². The van der Waals surface area contributed by atoms with E-state index in [1.165, 1.54) is 6.20 Å². The lowest BCUT2D eigenvalue weighted by Crippen LogP contribution is -2.40. The Labute approximate surface area is 126 Å². The van der Waals surface area contributed by atoms with E-state index < -0.39 is 10.0 Å². The summed E-state index contributed by atoms with van der Waals surface area (Å²) in [6.45, 7) is 6.18. The monoisotopic (exact) mass is 319 g/mol. The fraction of sp³-hybridized carbons (Fsp3) is 0.769. The average molecular weight is 320 g/mol. The summed E-state index contributed by atoms with van der Waals surface area (Å²) in [4.78, 5) is 0.284. The van der Waals surface area contributed by atoms with E-state index >= 15 is 0 Å². The van der Waals surface area contributed by atoms with Crippen molar-refractivity contribution < 1.29 is 8.42 Å². The smallest absolute Gasteiger partial charge is 0.246 e. The Morgan fingerprint density at radius 2 is 2.00 bits per heavy atom. The molecule has 0 spiro atoms. The van der Waals surface area contributed by atoms with Crippen LogP contribution < -0.4 is 0 Å². The normalized spacial score (nSPS) is 20.1. The maximum Gasteiger partial charge on any atom is 0.246 e. The standard InChI is InChI=1S/C13H22ClN3O2S/c1-13(2)4-8-17(9-5-13)20(18,19)12-10-15-16(11-12)7-3-6-14/h10-11H,3-9H2,1-2H3. The lowest BCUT2D eigenvalue weighted by molar-refractivity contribution is 0.196. The number of rotatable bonds is 5. The van der Waals surface area contributed by atoms with Gasteiger partial charge in [0.15, 0.2) is 0 Å². The first-order chi connectivity index (χ1) is 9.35. The molecule has 114 valence electrons. The quantitative estimate of drug-likeness (QED) is 0.783. The van der Waals surface area contributed by atoms with Crippen molar-refractivity contribution in [2.45, 2.75) is 44.6 Å². The van der Waals surface area contributed by atoms with Gasteiger partial charge in [-0.3, -0.25) is 4.68 Å². The van der Waals surface area contributed by atoms with E-state index in [9.17, 15) is 8.42 Å². The highest BCUT2D eigenvalue weighted by atomic mass is 35.5. The highest BCUT2D eigenvalue weighted by molar-refractivity contribution is 7.89. The van der Waals surface area contributed by atoms with Crippen LogP contribution in [0.2, 0.25) is 0 Å². The minimum Gasteiger partial charge on any atom is -0.271 e. The van der Waals surface area contributed by atoms with Crippen molar-refractivity contribution >= 4 is 21.6 Å². The van der Waals surface area contributed by atoms with Crippen LogP contribution in [0, 0.1) is 5.41 Å². The van der Waals surface area contributed by atoms with Gasteiger partial charge in [0.2, 0.25) is 10.0 Å². The number of hydrogen-bond donors (Lipinski definition) is 0. The zero-order valence-electron chi connectivity index (χ0n) is 12.0. The highest BCUT2D eigenvalue weighted by Gasteiger charge is 2.33. The second kappa shape index (κ2) is 6.03. The Balaban J connectivity index is 2.08. The molecule has 7 heteroatoms. The van der Waals surface area contributed by atoms with E-state index in [1.54, 1.807) is 15.2 Å². The van der Waals surface area contributed by atoms with Crippen molar-refractivity contribution in [1.29, 1.82) is 0 Å². The molecule has 1 saturated heterocycles. The van der Waals surface area contributed by atoms with Crippen LogP contribution >= 0.6 is 11.6 Å². The average Bonchev–Trinajstić information content (AvgIpc) is 2.85. The van der Waals surface area contributed by atoms with E-state index in [4.69, 9.17) is 11.6 Å². The third kappa shape index (κ3) is 3.54. The summed E-state index contributed by atoms with van der Waals surface area (Å²) in [7, 11) is -3.40. The molecule has 1 aliphatic rings. The van der Waals surface area contributed by atoms with E-state index in [1.807, 2.05) is 0 Å². The molecule has 0 bridgehead atoms. The third-order valence-corrected chi connectivity index (χ3v) is 5.96. The summed E-state index contributed by atoms with van der Waals surface area (Å²) in [6.07, 6.45) is 5.60.